The summed E-state index contributed by atoms with van der Waals surface area (Å²) in [5, 5.41) is 10.5. The first-order valence-electron chi connectivity index (χ1n) is 6.22. The van der Waals surface area contributed by atoms with Gasteiger partial charge in [-0.15, -0.1) is 0 Å². The van der Waals surface area contributed by atoms with E-state index in [0.717, 1.165) is 18.6 Å². The summed E-state index contributed by atoms with van der Waals surface area (Å²) in [4.78, 5) is 0. The highest BCUT2D eigenvalue weighted by Gasteiger charge is 2.05. The van der Waals surface area contributed by atoms with E-state index >= 15 is 0 Å². The van der Waals surface area contributed by atoms with Crippen molar-refractivity contribution in [1.29, 1.82) is 0 Å². The summed E-state index contributed by atoms with van der Waals surface area (Å²) in [6.45, 7) is 1.28. The van der Waals surface area contributed by atoms with E-state index < -0.39 is 11.6 Å². The summed E-state index contributed by atoms with van der Waals surface area (Å²) in [6, 6.07) is 3.26. The van der Waals surface area contributed by atoms with E-state index in [0.29, 0.717) is 18.1 Å². The van der Waals surface area contributed by atoms with Crippen LogP contribution in [0.3, 0.4) is 0 Å². The van der Waals surface area contributed by atoms with Gasteiger partial charge in [-0.05, 0) is 30.8 Å². The van der Waals surface area contributed by atoms with E-state index in [4.69, 9.17) is 23.8 Å². The molecule has 1 heterocycles. The first kappa shape index (κ1) is 15.7. The number of benzene rings is 1. The van der Waals surface area contributed by atoms with Gasteiger partial charge in [-0.2, -0.15) is 5.10 Å². The van der Waals surface area contributed by atoms with Crippen molar-refractivity contribution in [3.63, 3.8) is 0 Å². The zero-order chi connectivity index (χ0) is 15.2. The molecule has 0 unspecified atom stereocenters. The molecule has 0 aliphatic heterocycles. The Balaban J connectivity index is 1.72. The van der Waals surface area contributed by atoms with Gasteiger partial charge < -0.3 is 10.6 Å². The van der Waals surface area contributed by atoms with E-state index in [9.17, 15) is 8.78 Å². The topological polar surface area (TPSA) is 41.9 Å². The second kappa shape index (κ2) is 7.33. The van der Waals surface area contributed by atoms with Crippen LogP contribution in [0.4, 0.5) is 14.5 Å². The predicted molar refractivity (Wildman–Crippen MR) is 82.4 cm³/mol. The lowest BCUT2D eigenvalue weighted by Gasteiger charge is -2.11. The molecular formula is C13H13ClF2N4S. The van der Waals surface area contributed by atoms with Crippen molar-refractivity contribution < 1.29 is 8.78 Å². The van der Waals surface area contributed by atoms with Crippen LogP contribution in [0.25, 0.3) is 0 Å². The number of thiocarbonyl (C=S) groups is 1. The molecule has 112 valence electrons. The molecule has 0 saturated carbocycles. The van der Waals surface area contributed by atoms with Crippen LogP contribution >= 0.6 is 23.8 Å². The number of aromatic nitrogens is 2. The second-order valence-corrected chi connectivity index (χ2v) is 5.12. The molecule has 21 heavy (non-hydrogen) atoms. The van der Waals surface area contributed by atoms with Gasteiger partial charge in [-0.3, -0.25) is 4.68 Å². The van der Waals surface area contributed by atoms with Crippen LogP contribution in [0.2, 0.25) is 5.02 Å². The summed E-state index contributed by atoms with van der Waals surface area (Å²) in [5.74, 6) is -1.32. The number of hydrogen-bond acceptors (Lipinski definition) is 2. The zero-order valence-corrected chi connectivity index (χ0v) is 12.5. The van der Waals surface area contributed by atoms with Crippen LogP contribution in [0.5, 0.6) is 0 Å². The average Bonchev–Trinajstić information content (AvgIpc) is 2.84. The van der Waals surface area contributed by atoms with E-state index in [1.165, 1.54) is 6.07 Å². The number of anilines is 1. The number of nitrogens with one attached hydrogen (secondary N) is 2. The summed E-state index contributed by atoms with van der Waals surface area (Å²) >= 11 is 10.8. The monoisotopic (exact) mass is 330 g/mol. The molecule has 0 atom stereocenters. The van der Waals surface area contributed by atoms with Gasteiger partial charge in [-0.1, -0.05) is 11.6 Å². The van der Waals surface area contributed by atoms with Crippen molar-refractivity contribution in [2.75, 3.05) is 11.9 Å². The Kier molecular flexibility index (Phi) is 5.46. The minimum absolute atomic E-state index is 0.132. The maximum absolute atomic E-state index is 13.4. The maximum Gasteiger partial charge on any atom is 0.170 e. The van der Waals surface area contributed by atoms with E-state index in [1.807, 2.05) is 0 Å². The van der Waals surface area contributed by atoms with Gasteiger partial charge in [-0.25, -0.2) is 8.78 Å². The van der Waals surface area contributed by atoms with Crippen molar-refractivity contribution in [3.8, 4) is 0 Å². The fourth-order valence-corrected chi connectivity index (χ4v) is 2.03. The van der Waals surface area contributed by atoms with Gasteiger partial charge in [0.15, 0.2) is 5.11 Å². The smallest absolute Gasteiger partial charge is 0.170 e. The SMILES string of the molecule is Fc1ccc(NC(=S)NCCCn2cc(Cl)cn2)c(F)c1. The summed E-state index contributed by atoms with van der Waals surface area (Å²) < 4.78 is 27.9. The molecule has 4 nitrogen and oxygen atoms in total. The molecule has 0 aliphatic carbocycles. The van der Waals surface area contributed by atoms with Crippen molar-refractivity contribution in [3.05, 3.63) is 47.2 Å². The maximum atomic E-state index is 13.4. The summed E-state index contributed by atoms with van der Waals surface area (Å²) in [7, 11) is 0. The number of nitrogens with zero attached hydrogens (tertiary/aromatic N) is 2. The molecule has 2 rings (SSSR count). The lowest BCUT2D eigenvalue weighted by Crippen LogP contribution is -2.30. The Labute approximate surface area is 131 Å². The minimum Gasteiger partial charge on any atom is -0.362 e. The number of rotatable bonds is 5. The Morgan fingerprint density at radius 3 is 2.86 bits per heavy atom. The molecule has 0 spiro atoms. The standard InChI is InChI=1S/C13H13ClF2N4S/c14-9-7-18-20(8-9)5-1-4-17-13(21)19-12-3-2-10(15)6-11(12)16/h2-3,6-8H,1,4-5H2,(H2,17,19,21). The number of aryl methyl sites for hydroxylation is 1. The van der Waals surface area contributed by atoms with Gasteiger partial charge >= 0.3 is 0 Å². The van der Waals surface area contributed by atoms with E-state index in [2.05, 4.69) is 15.7 Å². The highest BCUT2D eigenvalue weighted by molar-refractivity contribution is 7.80. The molecule has 0 radical (unpaired) electrons. The Bertz CT molecular complexity index is 632. The molecule has 2 aromatic rings. The van der Waals surface area contributed by atoms with Gasteiger partial charge in [0, 0.05) is 25.4 Å². The first-order chi connectivity index (χ1) is 10.0. The van der Waals surface area contributed by atoms with Crippen molar-refractivity contribution in [2.24, 2.45) is 0 Å². The normalized spacial score (nSPS) is 10.4. The quantitative estimate of drug-likeness (QED) is 0.652. The fourth-order valence-electron chi connectivity index (χ4n) is 1.66. The molecule has 1 aromatic carbocycles. The molecule has 0 fully saturated rings. The molecule has 2 N–H and O–H groups in total. The Morgan fingerprint density at radius 2 is 2.19 bits per heavy atom. The van der Waals surface area contributed by atoms with E-state index in [-0.39, 0.29) is 10.8 Å². The minimum atomic E-state index is -0.690. The number of hydrogen-bond donors (Lipinski definition) is 2. The lowest BCUT2D eigenvalue weighted by molar-refractivity contribution is 0.573. The van der Waals surface area contributed by atoms with Crippen LogP contribution in [-0.2, 0) is 6.54 Å². The van der Waals surface area contributed by atoms with Gasteiger partial charge in [0.2, 0.25) is 0 Å². The van der Waals surface area contributed by atoms with Crippen molar-refractivity contribution in [2.45, 2.75) is 13.0 Å². The third-order valence-corrected chi connectivity index (χ3v) is 3.07. The van der Waals surface area contributed by atoms with Crippen LogP contribution in [0.1, 0.15) is 6.42 Å². The predicted octanol–water partition coefficient (Wildman–Crippen LogP) is 3.19. The van der Waals surface area contributed by atoms with Crippen molar-refractivity contribution >= 4 is 34.6 Å². The van der Waals surface area contributed by atoms with Crippen LogP contribution in [0, 0.1) is 11.6 Å². The first-order valence-corrected chi connectivity index (χ1v) is 7.01. The van der Waals surface area contributed by atoms with Crippen LogP contribution < -0.4 is 10.6 Å². The molecular weight excluding hydrogens is 318 g/mol. The average molecular weight is 331 g/mol. The highest BCUT2D eigenvalue weighted by Crippen LogP contribution is 2.14. The van der Waals surface area contributed by atoms with Crippen LogP contribution in [-0.4, -0.2) is 21.4 Å². The van der Waals surface area contributed by atoms with E-state index in [1.54, 1.807) is 17.1 Å². The van der Waals surface area contributed by atoms with Gasteiger partial charge in [0.05, 0.1) is 16.9 Å². The lowest BCUT2D eigenvalue weighted by atomic mass is 10.3. The Morgan fingerprint density at radius 1 is 1.38 bits per heavy atom. The summed E-state index contributed by atoms with van der Waals surface area (Å²) in [5.41, 5.74) is 0.132. The molecule has 0 amide bonds. The third-order valence-electron chi connectivity index (χ3n) is 2.63. The van der Waals surface area contributed by atoms with Gasteiger partial charge in [0.1, 0.15) is 11.6 Å². The third kappa shape index (κ3) is 4.95. The molecule has 0 saturated heterocycles. The number of halogens is 3. The Hall–Kier alpha value is -1.73. The summed E-state index contributed by atoms with van der Waals surface area (Å²) in [6.07, 6.45) is 4.07. The largest absolute Gasteiger partial charge is 0.362 e. The van der Waals surface area contributed by atoms with Crippen molar-refractivity contribution in [1.82, 2.24) is 15.1 Å². The molecule has 0 aliphatic rings. The molecule has 0 bridgehead atoms. The van der Waals surface area contributed by atoms with Gasteiger partial charge in [0.25, 0.3) is 0 Å². The second-order valence-electron chi connectivity index (χ2n) is 4.28. The fraction of sp³-hybridized carbons (Fsp3) is 0.231. The molecule has 1 aromatic heterocycles. The molecule has 8 heteroatoms. The zero-order valence-electron chi connectivity index (χ0n) is 10.9. The highest BCUT2D eigenvalue weighted by atomic mass is 35.5. The van der Waals surface area contributed by atoms with Crippen LogP contribution in [0.15, 0.2) is 30.6 Å².